The minimum absolute atomic E-state index is 0.443. The lowest BCUT2D eigenvalue weighted by molar-refractivity contribution is 0.199. The second-order valence-electron chi connectivity index (χ2n) is 4.11. The first kappa shape index (κ1) is 11.4. The maximum Gasteiger partial charge on any atom is 0.0991 e. The molecule has 0 aliphatic carbocycles. The lowest BCUT2D eigenvalue weighted by Gasteiger charge is -2.04. The summed E-state index contributed by atoms with van der Waals surface area (Å²) in [5, 5.41) is 18.2. The normalized spacial score (nSPS) is 12.1. The largest absolute Gasteiger partial charge is 0.389 e. The van der Waals surface area contributed by atoms with Crippen molar-refractivity contribution in [2.24, 2.45) is 0 Å². The molecule has 1 atom stereocenters. The molecule has 3 nitrogen and oxygen atoms in total. The Balaban J connectivity index is 2.17. The van der Waals surface area contributed by atoms with Crippen molar-refractivity contribution in [3.8, 4) is 6.07 Å². The summed E-state index contributed by atoms with van der Waals surface area (Å²) in [6.45, 7) is 2.46. The van der Waals surface area contributed by atoms with Crippen LogP contribution in [0, 0.1) is 11.3 Å². The van der Waals surface area contributed by atoms with Gasteiger partial charge in [-0.2, -0.15) is 5.26 Å². The summed E-state index contributed by atoms with van der Waals surface area (Å²) in [6.07, 6.45) is 3.41. The van der Waals surface area contributed by atoms with Gasteiger partial charge in [0.2, 0.25) is 0 Å². The highest BCUT2D eigenvalue weighted by molar-refractivity contribution is 5.33. The van der Waals surface area contributed by atoms with E-state index >= 15 is 0 Å². The molecule has 0 saturated carbocycles. The average molecular weight is 226 g/mol. The third kappa shape index (κ3) is 2.74. The zero-order chi connectivity index (χ0) is 12.3. The van der Waals surface area contributed by atoms with Crippen LogP contribution in [0.2, 0.25) is 0 Å². The van der Waals surface area contributed by atoms with Crippen molar-refractivity contribution in [2.45, 2.75) is 19.6 Å². The Kier molecular flexibility index (Phi) is 3.27. The van der Waals surface area contributed by atoms with Crippen LogP contribution in [0.5, 0.6) is 0 Å². The molecule has 0 radical (unpaired) electrons. The quantitative estimate of drug-likeness (QED) is 0.874. The molecular formula is C14H14N2O. The molecule has 1 aromatic carbocycles. The first-order valence-electron chi connectivity index (χ1n) is 5.52. The molecular weight excluding hydrogens is 212 g/mol. The summed E-state index contributed by atoms with van der Waals surface area (Å²) in [7, 11) is 0. The number of aliphatic hydroxyl groups excluding tert-OH is 1. The molecule has 1 heterocycles. The SMILES string of the molecule is CC(O)c1ccn(Cc2cccc(C#N)c2)c1. The average Bonchev–Trinajstić information content (AvgIpc) is 2.78. The highest BCUT2D eigenvalue weighted by Gasteiger charge is 2.03. The molecule has 0 fully saturated rings. The van der Waals surface area contributed by atoms with Crippen molar-refractivity contribution in [3.63, 3.8) is 0 Å². The fourth-order valence-corrected chi connectivity index (χ4v) is 1.75. The smallest absolute Gasteiger partial charge is 0.0991 e. The number of aliphatic hydroxyl groups is 1. The maximum absolute atomic E-state index is 9.43. The van der Waals surface area contributed by atoms with Crippen LogP contribution < -0.4 is 0 Å². The predicted octanol–water partition coefficient (Wildman–Crippen LogP) is 2.46. The summed E-state index contributed by atoms with van der Waals surface area (Å²) in [5.74, 6) is 0. The van der Waals surface area contributed by atoms with E-state index in [9.17, 15) is 5.11 Å². The number of hydrogen-bond acceptors (Lipinski definition) is 2. The molecule has 2 rings (SSSR count). The number of nitrogens with zero attached hydrogens (tertiary/aromatic N) is 2. The van der Waals surface area contributed by atoms with Crippen molar-refractivity contribution in [1.82, 2.24) is 4.57 Å². The third-order valence-electron chi connectivity index (χ3n) is 2.68. The number of hydrogen-bond donors (Lipinski definition) is 1. The van der Waals surface area contributed by atoms with E-state index in [0.29, 0.717) is 12.1 Å². The topological polar surface area (TPSA) is 49.0 Å². The van der Waals surface area contributed by atoms with Gasteiger partial charge in [-0.1, -0.05) is 12.1 Å². The van der Waals surface area contributed by atoms with Crippen molar-refractivity contribution >= 4 is 0 Å². The van der Waals surface area contributed by atoms with Crippen LogP contribution in [-0.2, 0) is 6.54 Å². The summed E-state index contributed by atoms with van der Waals surface area (Å²) in [6, 6.07) is 11.6. The van der Waals surface area contributed by atoms with E-state index in [1.165, 1.54) is 0 Å². The van der Waals surface area contributed by atoms with E-state index in [0.717, 1.165) is 11.1 Å². The van der Waals surface area contributed by atoms with Crippen LogP contribution in [0.3, 0.4) is 0 Å². The van der Waals surface area contributed by atoms with Crippen molar-refractivity contribution in [1.29, 1.82) is 5.26 Å². The molecule has 3 heteroatoms. The van der Waals surface area contributed by atoms with E-state index in [1.807, 2.05) is 41.2 Å². The van der Waals surface area contributed by atoms with Crippen molar-refractivity contribution < 1.29 is 5.11 Å². The fraction of sp³-hybridized carbons (Fsp3) is 0.214. The monoisotopic (exact) mass is 226 g/mol. The molecule has 1 aromatic heterocycles. The minimum Gasteiger partial charge on any atom is -0.389 e. The van der Waals surface area contributed by atoms with Crippen LogP contribution in [0.25, 0.3) is 0 Å². The number of aromatic nitrogens is 1. The molecule has 1 N–H and O–H groups in total. The lowest BCUT2D eigenvalue weighted by Crippen LogP contribution is -1.97. The third-order valence-corrected chi connectivity index (χ3v) is 2.68. The lowest BCUT2D eigenvalue weighted by atomic mass is 10.1. The van der Waals surface area contributed by atoms with Gasteiger partial charge in [-0.3, -0.25) is 0 Å². The van der Waals surface area contributed by atoms with Gasteiger partial charge in [-0.05, 0) is 36.2 Å². The van der Waals surface area contributed by atoms with Gasteiger partial charge in [-0.15, -0.1) is 0 Å². The summed E-state index contributed by atoms with van der Waals surface area (Å²) < 4.78 is 2.00. The van der Waals surface area contributed by atoms with Gasteiger partial charge in [0.05, 0.1) is 17.7 Å². The van der Waals surface area contributed by atoms with Gasteiger partial charge >= 0.3 is 0 Å². The summed E-state index contributed by atoms with van der Waals surface area (Å²) in [5.41, 5.74) is 2.66. The van der Waals surface area contributed by atoms with Crippen molar-refractivity contribution in [3.05, 3.63) is 59.4 Å². The van der Waals surface area contributed by atoms with E-state index in [4.69, 9.17) is 5.26 Å². The predicted molar refractivity (Wildman–Crippen MR) is 65.3 cm³/mol. The number of rotatable bonds is 3. The molecule has 1 unspecified atom stereocenters. The van der Waals surface area contributed by atoms with Gasteiger partial charge in [0.1, 0.15) is 0 Å². The second-order valence-corrected chi connectivity index (χ2v) is 4.11. The molecule has 0 aliphatic heterocycles. The minimum atomic E-state index is -0.443. The first-order chi connectivity index (χ1) is 8.19. The van der Waals surface area contributed by atoms with Crippen LogP contribution in [0.4, 0.5) is 0 Å². The van der Waals surface area contributed by atoms with Crippen LogP contribution in [0.1, 0.15) is 29.7 Å². The highest BCUT2D eigenvalue weighted by atomic mass is 16.3. The Hall–Kier alpha value is -2.05. The van der Waals surface area contributed by atoms with Gasteiger partial charge in [0, 0.05) is 18.9 Å². The Bertz CT molecular complexity index is 549. The summed E-state index contributed by atoms with van der Waals surface area (Å²) >= 11 is 0. The Morgan fingerprint density at radius 1 is 1.41 bits per heavy atom. The van der Waals surface area contributed by atoms with E-state index in [2.05, 4.69) is 6.07 Å². The highest BCUT2D eigenvalue weighted by Crippen LogP contribution is 2.13. The first-order valence-corrected chi connectivity index (χ1v) is 5.52. The molecule has 17 heavy (non-hydrogen) atoms. The van der Waals surface area contributed by atoms with E-state index in [-0.39, 0.29) is 0 Å². The molecule has 0 bridgehead atoms. The Morgan fingerprint density at radius 3 is 2.88 bits per heavy atom. The number of nitriles is 1. The molecule has 0 spiro atoms. The van der Waals surface area contributed by atoms with E-state index in [1.54, 1.807) is 13.0 Å². The molecule has 2 aromatic rings. The molecule has 0 aliphatic rings. The van der Waals surface area contributed by atoms with Crippen LogP contribution in [-0.4, -0.2) is 9.67 Å². The molecule has 0 saturated heterocycles. The maximum atomic E-state index is 9.43. The molecule has 86 valence electrons. The Morgan fingerprint density at radius 2 is 2.24 bits per heavy atom. The standard InChI is InChI=1S/C14H14N2O/c1-11(17)14-5-6-16(10-14)9-13-4-2-3-12(7-13)8-15/h2-7,10-11,17H,9H2,1H3. The van der Waals surface area contributed by atoms with Gasteiger partial charge in [-0.25, -0.2) is 0 Å². The van der Waals surface area contributed by atoms with Crippen LogP contribution in [0.15, 0.2) is 42.7 Å². The zero-order valence-corrected chi connectivity index (χ0v) is 9.67. The van der Waals surface area contributed by atoms with Crippen LogP contribution >= 0.6 is 0 Å². The van der Waals surface area contributed by atoms with Crippen molar-refractivity contribution in [2.75, 3.05) is 0 Å². The number of benzene rings is 1. The van der Waals surface area contributed by atoms with E-state index < -0.39 is 6.10 Å². The second kappa shape index (κ2) is 4.86. The van der Waals surface area contributed by atoms with Gasteiger partial charge < -0.3 is 9.67 Å². The summed E-state index contributed by atoms with van der Waals surface area (Å²) in [4.78, 5) is 0. The molecule has 0 amide bonds. The fourth-order valence-electron chi connectivity index (χ4n) is 1.75. The zero-order valence-electron chi connectivity index (χ0n) is 9.67. The van der Waals surface area contributed by atoms with Gasteiger partial charge in [0.15, 0.2) is 0 Å². The Labute approximate surface area is 101 Å². The van der Waals surface area contributed by atoms with Gasteiger partial charge in [0.25, 0.3) is 0 Å².